The number of nitro groups is 1. The van der Waals surface area contributed by atoms with Gasteiger partial charge < -0.3 is 19.9 Å². The number of halogens is 1. The van der Waals surface area contributed by atoms with Gasteiger partial charge in [-0.05, 0) is 59.4 Å². The number of nitriles is 1. The molecule has 2 N–H and O–H groups in total. The molecule has 0 heterocycles. The van der Waals surface area contributed by atoms with Gasteiger partial charge in [0.15, 0.2) is 11.5 Å². The van der Waals surface area contributed by atoms with Gasteiger partial charge in [-0.2, -0.15) is 5.26 Å². The largest absolute Gasteiger partial charge is 0.506 e. The highest BCUT2D eigenvalue weighted by Crippen LogP contribution is 2.34. The number of aromatic hydroxyl groups is 1. The van der Waals surface area contributed by atoms with Crippen LogP contribution in [0.4, 0.5) is 11.4 Å². The van der Waals surface area contributed by atoms with Gasteiger partial charge in [0, 0.05) is 6.07 Å². The summed E-state index contributed by atoms with van der Waals surface area (Å²) in [5, 5.41) is 32.3. The van der Waals surface area contributed by atoms with Crippen LogP contribution in [-0.4, -0.2) is 29.7 Å². The molecule has 9 nitrogen and oxygen atoms in total. The van der Waals surface area contributed by atoms with Crippen molar-refractivity contribution in [1.82, 2.24) is 0 Å². The second-order valence-electron chi connectivity index (χ2n) is 5.55. The molecular formula is C19H16IN3O6. The fourth-order valence-electron chi connectivity index (χ4n) is 2.38. The third kappa shape index (κ3) is 5.35. The standard InChI is InChI=1S/C19H16IN3O6/c1-3-29-17-8-11(7-14(20)18(17)28-2)6-12(10-21)19(25)22-15-5-4-13(23(26)27)9-16(15)24/h4-9,24H,3H2,1-2H3,(H,22,25)/b12-6+. The predicted molar refractivity (Wildman–Crippen MR) is 114 cm³/mol. The number of hydrogen-bond donors (Lipinski definition) is 2. The molecule has 0 unspecified atom stereocenters. The third-order valence-corrected chi connectivity index (χ3v) is 4.45. The van der Waals surface area contributed by atoms with Gasteiger partial charge in [-0.25, -0.2) is 0 Å². The number of phenolic OH excluding ortho intramolecular Hbond substituents is 1. The van der Waals surface area contributed by atoms with Gasteiger partial charge in [0.25, 0.3) is 11.6 Å². The van der Waals surface area contributed by atoms with Crippen LogP contribution < -0.4 is 14.8 Å². The van der Waals surface area contributed by atoms with E-state index in [9.17, 15) is 25.3 Å². The van der Waals surface area contributed by atoms with Crippen molar-refractivity contribution in [3.05, 3.63) is 55.2 Å². The van der Waals surface area contributed by atoms with Crippen molar-refractivity contribution < 1.29 is 24.3 Å². The van der Waals surface area contributed by atoms with Gasteiger partial charge in [0.05, 0.1) is 34.0 Å². The van der Waals surface area contributed by atoms with Gasteiger partial charge in [-0.1, -0.05) is 0 Å². The van der Waals surface area contributed by atoms with Gasteiger partial charge in [0.2, 0.25) is 0 Å². The first-order chi connectivity index (χ1) is 13.8. The lowest BCUT2D eigenvalue weighted by atomic mass is 10.1. The maximum Gasteiger partial charge on any atom is 0.273 e. The molecule has 0 bridgehead atoms. The molecule has 0 saturated heterocycles. The summed E-state index contributed by atoms with van der Waals surface area (Å²) < 4.78 is 11.6. The van der Waals surface area contributed by atoms with Gasteiger partial charge in [-0.15, -0.1) is 0 Å². The van der Waals surface area contributed by atoms with E-state index < -0.39 is 16.6 Å². The van der Waals surface area contributed by atoms with E-state index in [0.717, 1.165) is 15.7 Å². The number of nitrogens with one attached hydrogen (secondary N) is 1. The van der Waals surface area contributed by atoms with Crippen molar-refractivity contribution in [2.45, 2.75) is 6.92 Å². The predicted octanol–water partition coefficient (Wildman–Crippen LogP) is 3.86. The van der Waals surface area contributed by atoms with Crippen molar-refractivity contribution in [3.8, 4) is 23.3 Å². The Labute approximate surface area is 179 Å². The number of anilines is 1. The summed E-state index contributed by atoms with van der Waals surface area (Å²) in [7, 11) is 1.51. The van der Waals surface area contributed by atoms with Crippen molar-refractivity contribution in [1.29, 1.82) is 5.26 Å². The van der Waals surface area contributed by atoms with E-state index >= 15 is 0 Å². The zero-order valence-electron chi connectivity index (χ0n) is 15.4. The molecular weight excluding hydrogens is 493 g/mol. The summed E-state index contributed by atoms with van der Waals surface area (Å²) in [6.45, 7) is 2.23. The molecule has 1 amide bonds. The van der Waals surface area contributed by atoms with Crippen LogP contribution in [0.25, 0.3) is 6.08 Å². The Balaban J connectivity index is 2.33. The Kier molecular flexibility index (Phi) is 7.38. The van der Waals surface area contributed by atoms with E-state index in [-0.39, 0.29) is 16.9 Å². The summed E-state index contributed by atoms with van der Waals surface area (Å²) in [6.07, 6.45) is 1.36. The SMILES string of the molecule is CCOc1cc(/C=C(\C#N)C(=O)Nc2ccc([N+](=O)[O-])cc2O)cc(I)c1OC. The van der Waals surface area contributed by atoms with E-state index in [1.807, 2.05) is 6.92 Å². The minimum atomic E-state index is -0.777. The number of ether oxygens (including phenoxy) is 2. The van der Waals surface area contributed by atoms with E-state index in [1.54, 1.807) is 18.2 Å². The number of hydrogen-bond acceptors (Lipinski definition) is 7. The summed E-state index contributed by atoms with van der Waals surface area (Å²) >= 11 is 2.05. The molecule has 0 aromatic heterocycles. The quantitative estimate of drug-likeness (QED) is 0.145. The molecule has 0 radical (unpaired) electrons. The van der Waals surface area contributed by atoms with Crippen LogP contribution in [0.3, 0.4) is 0 Å². The highest BCUT2D eigenvalue weighted by molar-refractivity contribution is 14.1. The number of non-ortho nitro benzene ring substituents is 1. The maximum atomic E-state index is 12.4. The molecule has 0 aliphatic rings. The molecule has 0 fully saturated rings. The number of rotatable bonds is 7. The van der Waals surface area contributed by atoms with Gasteiger partial charge in [-0.3, -0.25) is 14.9 Å². The van der Waals surface area contributed by atoms with Crippen LogP contribution in [0.5, 0.6) is 17.2 Å². The first-order valence-electron chi connectivity index (χ1n) is 8.21. The second-order valence-corrected chi connectivity index (χ2v) is 6.71. The molecule has 29 heavy (non-hydrogen) atoms. The second kappa shape index (κ2) is 9.74. The van der Waals surface area contributed by atoms with E-state index in [0.29, 0.717) is 23.7 Å². The number of nitrogens with zero attached hydrogens (tertiary/aromatic N) is 2. The Hall–Kier alpha value is -3.33. The van der Waals surface area contributed by atoms with Crippen LogP contribution in [0, 0.1) is 25.0 Å². The monoisotopic (exact) mass is 509 g/mol. The Morgan fingerprint density at radius 2 is 2.14 bits per heavy atom. The highest BCUT2D eigenvalue weighted by Gasteiger charge is 2.16. The minimum absolute atomic E-state index is 0.0546. The third-order valence-electron chi connectivity index (χ3n) is 3.65. The fraction of sp³-hybridized carbons (Fsp3) is 0.158. The molecule has 0 saturated carbocycles. The minimum Gasteiger partial charge on any atom is -0.506 e. The number of carbonyl (C=O) groups is 1. The van der Waals surface area contributed by atoms with Crippen molar-refractivity contribution >= 4 is 45.9 Å². The van der Waals surface area contributed by atoms with Crippen molar-refractivity contribution in [3.63, 3.8) is 0 Å². The summed E-state index contributed by atoms with van der Waals surface area (Å²) in [5.41, 5.74) is -0.0710. The number of phenols is 1. The Morgan fingerprint density at radius 1 is 1.41 bits per heavy atom. The molecule has 2 rings (SSSR count). The molecule has 0 aliphatic heterocycles. The van der Waals surface area contributed by atoms with E-state index in [1.165, 1.54) is 19.3 Å². The molecule has 150 valence electrons. The summed E-state index contributed by atoms with van der Waals surface area (Å²) in [4.78, 5) is 22.5. The fourth-order valence-corrected chi connectivity index (χ4v) is 3.22. The molecule has 0 spiro atoms. The molecule has 2 aromatic rings. The molecule has 2 aromatic carbocycles. The lowest BCUT2D eigenvalue weighted by Crippen LogP contribution is -2.13. The lowest BCUT2D eigenvalue weighted by Gasteiger charge is -2.12. The van der Waals surface area contributed by atoms with E-state index in [4.69, 9.17) is 9.47 Å². The smallest absolute Gasteiger partial charge is 0.273 e. The number of nitro benzene ring substituents is 1. The van der Waals surface area contributed by atoms with Crippen molar-refractivity contribution in [2.24, 2.45) is 0 Å². The van der Waals surface area contributed by atoms with Crippen molar-refractivity contribution in [2.75, 3.05) is 19.0 Å². The summed E-state index contributed by atoms with van der Waals surface area (Å²) in [5.74, 6) is -0.245. The van der Waals surface area contributed by atoms with Crippen LogP contribution in [0.2, 0.25) is 0 Å². The Bertz CT molecular complexity index is 1030. The van der Waals surface area contributed by atoms with Gasteiger partial charge >= 0.3 is 0 Å². The first-order valence-corrected chi connectivity index (χ1v) is 9.29. The maximum absolute atomic E-state index is 12.4. The zero-order valence-corrected chi connectivity index (χ0v) is 17.6. The molecule has 0 atom stereocenters. The molecule has 10 heteroatoms. The number of amides is 1. The average Bonchev–Trinajstić information content (AvgIpc) is 2.67. The van der Waals surface area contributed by atoms with E-state index in [2.05, 4.69) is 27.9 Å². The number of carbonyl (C=O) groups excluding carboxylic acids is 1. The van der Waals surface area contributed by atoms with Crippen LogP contribution in [0.15, 0.2) is 35.9 Å². The summed E-state index contributed by atoms with van der Waals surface area (Å²) in [6, 6.07) is 8.38. The lowest BCUT2D eigenvalue weighted by molar-refractivity contribution is -0.384. The number of benzene rings is 2. The normalized spacial score (nSPS) is 10.8. The van der Waals surface area contributed by atoms with Crippen LogP contribution in [0.1, 0.15) is 12.5 Å². The van der Waals surface area contributed by atoms with Crippen LogP contribution >= 0.6 is 22.6 Å². The first kappa shape index (κ1) is 22.0. The number of methoxy groups -OCH3 is 1. The highest BCUT2D eigenvalue weighted by atomic mass is 127. The topological polar surface area (TPSA) is 135 Å². The van der Waals surface area contributed by atoms with Crippen LogP contribution in [-0.2, 0) is 4.79 Å². The zero-order chi connectivity index (χ0) is 21.6. The molecule has 0 aliphatic carbocycles. The Morgan fingerprint density at radius 3 is 2.69 bits per heavy atom. The van der Waals surface area contributed by atoms with Gasteiger partial charge in [0.1, 0.15) is 17.4 Å². The average molecular weight is 509 g/mol.